The summed E-state index contributed by atoms with van der Waals surface area (Å²) in [5.74, 6) is -5.16. The van der Waals surface area contributed by atoms with Crippen molar-refractivity contribution < 1.29 is 33.3 Å². The molecule has 0 aromatic carbocycles. The molecular weight excluding hydrogens is 280 g/mol. The molecule has 3 atom stereocenters. The summed E-state index contributed by atoms with van der Waals surface area (Å²) < 4.78 is 20.0. The monoisotopic (exact) mass is 298 g/mol. The molecule has 7 nitrogen and oxygen atoms in total. The Bertz CT molecular complexity index is 503. The number of hydrogen-bond donors (Lipinski definition) is 0. The average Bonchev–Trinajstić information content (AvgIpc) is 2.53. The second kappa shape index (κ2) is 5.57. The van der Waals surface area contributed by atoms with Gasteiger partial charge < -0.3 is 18.9 Å². The first-order chi connectivity index (χ1) is 9.96. The standard InChI is InChI=1S/C14H18O7/c1-18-12(16)8-6-10-9(13(17)19-2)5-7(8)11(15)14(10,20-3)21-4/h5,7-8,10H,6H2,1-4H3/t7-,8-,10-/m0/s1. The molecule has 0 N–H and O–H groups in total. The number of hydrogen-bond acceptors (Lipinski definition) is 7. The van der Waals surface area contributed by atoms with Crippen LogP contribution in [0.15, 0.2) is 11.6 Å². The maximum atomic E-state index is 12.6. The van der Waals surface area contributed by atoms with E-state index in [9.17, 15) is 14.4 Å². The molecule has 116 valence electrons. The van der Waals surface area contributed by atoms with Crippen molar-refractivity contribution in [1.29, 1.82) is 0 Å². The lowest BCUT2D eigenvalue weighted by Gasteiger charge is -2.48. The molecule has 2 bridgehead atoms. The summed E-state index contributed by atoms with van der Waals surface area (Å²) in [6, 6.07) is 0. The summed E-state index contributed by atoms with van der Waals surface area (Å²) in [5, 5.41) is 0. The SMILES string of the molecule is COC(=O)C1=C[C@@H]2C(=O)C(OC)(OC)[C@H]1C[C@@H]2C(=O)OC. The van der Waals surface area contributed by atoms with Crippen LogP contribution in [0.3, 0.4) is 0 Å². The number of carbonyl (C=O) groups excluding carboxylic acids is 3. The quantitative estimate of drug-likeness (QED) is 0.536. The predicted octanol–water partition coefficient (Wildman–Crippen LogP) is 0.0829. The zero-order valence-corrected chi connectivity index (χ0v) is 12.4. The fourth-order valence-electron chi connectivity index (χ4n) is 3.27. The number of methoxy groups -OCH3 is 4. The number of esters is 2. The maximum Gasteiger partial charge on any atom is 0.333 e. The second-order valence-corrected chi connectivity index (χ2v) is 5.00. The van der Waals surface area contributed by atoms with Gasteiger partial charge in [0.15, 0.2) is 5.78 Å². The van der Waals surface area contributed by atoms with Crippen LogP contribution in [0, 0.1) is 17.8 Å². The van der Waals surface area contributed by atoms with Gasteiger partial charge in [-0.2, -0.15) is 0 Å². The largest absolute Gasteiger partial charge is 0.469 e. The van der Waals surface area contributed by atoms with Gasteiger partial charge in [0, 0.05) is 19.8 Å². The third-order valence-corrected chi connectivity index (χ3v) is 4.29. The Morgan fingerprint density at radius 1 is 1.14 bits per heavy atom. The molecule has 0 unspecified atom stereocenters. The highest BCUT2D eigenvalue weighted by molar-refractivity contribution is 6.02. The van der Waals surface area contributed by atoms with Gasteiger partial charge in [-0.3, -0.25) is 9.59 Å². The van der Waals surface area contributed by atoms with Crippen LogP contribution < -0.4 is 0 Å². The summed E-state index contributed by atoms with van der Waals surface area (Å²) in [6.07, 6.45) is 1.70. The van der Waals surface area contributed by atoms with E-state index in [4.69, 9.17) is 18.9 Å². The second-order valence-electron chi connectivity index (χ2n) is 5.00. The Morgan fingerprint density at radius 2 is 1.76 bits per heavy atom. The van der Waals surface area contributed by atoms with Crippen LogP contribution in [0.5, 0.6) is 0 Å². The molecule has 1 saturated carbocycles. The number of ether oxygens (including phenoxy) is 4. The number of allylic oxidation sites excluding steroid dienone is 1. The van der Waals surface area contributed by atoms with Gasteiger partial charge in [0.05, 0.1) is 32.0 Å². The molecule has 0 spiro atoms. The first-order valence-corrected chi connectivity index (χ1v) is 6.49. The molecule has 0 aliphatic heterocycles. The van der Waals surface area contributed by atoms with E-state index in [1.165, 1.54) is 34.5 Å². The van der Waals surface area contributed by atoms with Gasteiger partial charge in [0.1, 0.15) is 0 Å². The van der Waals surface area contributed by atoms with E-state index in [-0.39, 0.29) is 12.2 Å². The first-order valence-electron chi connectivity index (χ1n) is 6.49. The van der Waals surface area contributed by atoms with Crippen molar-refractivity contribution in [2.75, 3.05) is 28.4 Å². The van der Waals surface area contributed by atoms with Crippen molar-refractivity contribution in [3.05, 3.63) is 11.6 Å². The lowest BCUT2D eigenvalue weighted by Crippen LogP contribution is -2.62. The third kappa shape index (κ3) is 2.08. The topological polar surface area (TPSA) is 88.1 Å². The molecule has 0 heterocycles. The smallest absolute Gasteiger partial charge is 0.333 e. The number of rotatable bonds is 4. The Kier molecular flexibility index (Phi) is 4.15. The van der Waals surface area contributed by atoms with Crippen molar-refractivity contribution in [2.45, 2.75) is 12.2 Å². The van der Waals surface area contributed by atoms with Crippen LogP contribution >= 0.6 is 0 Å². The van der Waals surface area contributed by atoms with Crippen molar-refractivity contribution in [1.82, 2.24) is 0 Å². The number of ketones is 1. The minimum absolute atomic E-state index is 0.228. The first kappa shape index (κ1) is 15.7. The van der Waals surface area contributed by atoms with E-state index in [0.29, 0.717) is 5.57 Å². The number of fused-ring (bicyclic) bond motifs is 2. The molecule has 0 aromatic heterocycles. The Balaban J connectivity index is 2.51. The fourth-order valence-corrected chi connectivity index (χ4v) is 3.27. The highest BCUT2D eigenvalue weighted by atomic mass is 16.7. The molecule has 0 aromatic rings. The third-order valence-electron chi connectivity index (χ3n) is 4.29. The number of Topliss-reactive ketones (excluding diaryl/α,β-unsaturated/α-hetero) is 1. The summed E-state index contributed by atoms with van der Waals surface area (Å²) >= 11 is 0. The van der Waals surface area contributed by atoms with Crippen LogP contribution in [0.2, 0.25) is 0 Å². The summed E-state index contributed by atoms with van der Waals surface area (Å²) in [6.45, 7) is 0. The zero-order valence-electron chi connectivity index (χ0n) is 12.4. The summed E-state index contributed by atoms with van der Waals surface area (Å²) in [5.41, 5.74) is 0.297. The van der Waals surface area contributed by atoms with E-state index in [1.807, 2.05) is 0 Å². The molecule has 0 saturated heterocycles. The van der Waals surface area contributed by atoms with Gasteiger partial charge in [-0.15, -0.1) is 0 Å². The molecular formula is C14H18O7. The van der Waals surface area contributed by atoms with Gasteiger partial charge in [-0.1, -0.05) is 6.08 Å². The van der Waals surface area contributed by atoms with Gasteiger partial charge in [0.2, 0.25) is 5.79 Å². The molecule has 0 radical (unpaired) electrons. The van der Waals surface area contributed by atoms with Gasteiger partial charge in [0.25, 0.3) is 0 Å². The Labute approximate surface area is 122 Å². The Morgan fingerprint density at radius 3 is 2.24 bits per heavy atom. The predicted molar refractivity (Wildman–Crippen MR) is 69.0 cm³/mol. The van der Waals surface area contributed by atoms with Crippen molar-refractivity contribution in [3.63, 3.8) is 0 Å². The highest BCUT2D eigenvalue weighted by Crippen LogP contribution is 2.50. The molecule has 3 rings (SSSR count). The van der Waals surface area contributed by atoms with Crippen LogP contribution in [0.25, 0.3) is 0 Å². The van der Waals surface area contributed by atoms with Crippen LogP contribution in [0.4, 0.5) is 0 Å². The minimum Gasteiger partial charge on any atom is -0.469 e. The Hall–Kier alpha value is -1.73. The maximum absolute atomic E-state index is 12.6. The molecule has 7 heteroatoms. The van der Waals surface area contributed by atoms with Crippen molar-refractivity contribution in [2.24, 2.45) is 17.8 Å². The van der Waals surface area contributed by atoms with Crippen molar-refractivity contribution in [3.8, 4) is 0 Å². The summed E-state index contributed by atoms with van der Waals surface area (Å²) in [7, 11) is 5.19. The molecule has 21 heavy (non-hydrogen) atoms. The molecule has 3 aliphatic rings. The zero-order chi connectivity index (χ0) is 15.8. The van der Waals surface area contributed by atoms with Crippen molar-refractivity contribution >= 4 is 17.7 Å². The van der Waals surface area contributed by atoms with E-state index < -0.39 is 35.5 Å². The lowest BCUT2D eigenvalue weighted by atomic mass is 9.61. The lowest BCUT2D eigenvalue weighted by molar-refractivity contribution is -0.243. The number of carbonyl (C=O) groups is 3. The van der Waals surface area contributed by atoms with Crippen LogP contribution in [-0.4, -0.2) is 51.9 Å². The van der Waals surface area contributed by atoms with E-state index in [2.05, 4.69) is 0 Å². The van der Waals surface area contributed by atoms with Gasteiger partial charge in [-0.25, -0.2) is 4.79 Å². The minimum atomic E-state index is -1.56. The fraction of sp³-hybridized carbons (Fsp3) is 0.643. The summed E-state index contributed by atoms with van der Waals surface area (Å²) in [4.78, 5) is 36.3. The van der Waals surface area contributed by atoms with E-state index in [1.54, 1.807) is 0 Å². The van der Waals surface area contributed by atoms with Gasteiger partial charge in [-0.05, 0) is 6.42 Å². The highest BCUT2D eigenvalue weighted by Gasteiger charge is 2.62. The molecule has 3 aliphatic carbocycles. The molecule has 1 fully saturated rings. The normalized spacial score (nSPS) is 29.8. The average molecular weight is 298 g/mol. The van der Waals surface area contributed by atoms with Gasteiger partial charge >= 0.3 is 11.9 Å². The van der Waals surface area contributed by atoms with E-state index in [0.717, 1.165) is 0 Å². The van der Waals surface area contributed by atoms with Crippen LogP contribution in [-0.2, 0) is 33.3 Å². The van der Waals surface area contributed by atoms with Crippen LogP contribution in [0.1, 0.15) is 6.42 Å². The van der Waals surface area contributed by atoms with E-state index >= 15 is 0 Å². The molecule has 0 amide bonds.